The van der Waals surface area contributed by atoms with Gasteiger partial charge in [-0.2, -0.15) is 0 Å². The maximum Gasteiger partial charge on any atom is 0.151 e. The number of rotatable bonds is 3. The summed E-state index contributed by atoms with van der Waals surface area (Å²) in [5.74, 6) is 5.34. The van der Waals surface area contributed by atoms with Gasteiger partial charge in [-0.05, 0) is 12.3 Å². The third-order valence-corrected chi connectivity index (χ3v) is 3.88. The number of sulfone groups is 1. The van der Waals surface area contributed by atoms with Gasteiger partial charge < -0.3 is 0 Å². The maximum absolute atomic E-state index is 11.3. The third-order valence-electron chi connectivity index (χ3n) is 2.26. The number of nitrogens with two attached hydrogens (primary N) is 1. The molecule has 0 aliphatic carbocycles. The minimum atomic E-state index is -3.04. The summed E-state index contributed by atoms with van der Waals surface area (Å²) in [7, 11) is -3.04. The summed E-state index contributed by atoms with van der Waals surface area (Å²) < 4.78 is 22.6. The molecular formula is C8H20N2O2S. The van der Waals surface area contributed by atoms with Crippen molar-refractivity contribution in [3.8, 4) is 0 Å². The predicted molar refractivity (Wildman–Crippen MR) is 54.9 cm³/mol. The van der Waals surface area contributed by atoms with E-state index in [2.05, 4.69) is 5.43 Å². The predicted octanol–water partition coefficient (Wildman–Crippen LogP) is 0.297. The molecule has 0 amide bonds. The van der Waals surface area contributed by atoms with Crippen LogP contribution in [-0.2, 0) is 9.84 Å². The van der Waals surface area contributed by atoms with Gasteiger partial charge in [-0.3, -0.25) is 11.3 Å². The molecule has 0 spiro atoms. The van der Waals surface area contributed by atoms with Crippen LogP contribution in [0.3, 0.4) is 0 Å². The SMILES string of the molecule is CC(C(NN)C(C)(C)C)S(C)(=O)=O. The molecule has 2 atom stereocenters. The Morgan fingerprint density at radius 2 is 1.69 bits per heavy atom. The summed E-state index contributed by atoms with van der Waals surface area (Å²) >= 11 is 0. The van der Waals surface area contributed by atoms with Crippen molar-refractivity contribution in [2.24, 2.45) is 11.3 Å². The summed E-state index contributed by atoms with van der Waals surface area (Å²) in [6.07, 6.45) is 1.23. The topological polar surface area (TPSA) is 72.2 Å². The Morgan fingerprint density at radius 1 is 1.31 bits per heavy atom. The lowest BCUT2D eigenvalue weighted by Crippen LogP contribution is -2.53. The van der Waals surface area contributed by atoms with E-state index in [1.807, 2.05) is 20.8 Å². The summed E-state index contributed by atoms with van der Waals surface area (Å²) in [6.45, 7) is 7.54. The zero-order valence-electron chi connectivity index (χ0n) is 8.96. The number of hydrogen-bond donors (Lipinski definition) is 2. The molecule has 0 aliphatic heterocycles. The van der Waals surface area contributed by atoms with Gasteiger partial charge in [0.05, 0.1) is 5.25 Å². The molecule has 0 aromatic carbocycles. The zero-order chi connectivity index (χ0) is 10.9. The Bertz CT molecular complexity index is 254. The van der Waals surface area contributed by atoms with Gasteiger partial charge in [0.1, 0.15) is 0 Å². The molecule has 13 heavy (non-hydrogen) atoms. The van der Waals surface area contributed by atoms with Crippen LogP contribution in [0.2, 0.25) is 0 Å². The van der Waals surface area contributed by atoms with Crippen LogP contribution in [0.4, 0.5) is 0 Å². The highest BCUT2D eigenvalue weighted by Gasteiger charge is 2.34. The Kier molecular flexibility index (Phi) is 3.90. The zero-order valence-corrected chi connectivity index (χ0v) is 9.77. The number of nitrogens with one attached hydrogen (secondary N) is 1. The molecule has 0 aromatic heterocycles. The van der Waals surface area contributed by atoms with Gasteiger partial charge in [0.15, 0.2) is 9.84 Å². The van der Waals surface area contributed by atoms with Crippen molar-refractivity contribution in [1.29, 1.82) is 0 Å². The van der Waals surface area contributed by atoms with Crippen molar-refractivity contribution < 1.29 is 8.42 Å². The standard InChI is InChI=1S/C8H20N2O2S/c1-6(13(5,11)12)7(10-9)8(2,3)4/h6-7,10H,9H2,1-5H3. The lowest BCUT2D eigenvalue weighted by molar-refractivity contribution is 0.265. The first-order valence-electron chi connectivity index (χ1n) is 4.25. The van der Waals surface area contributed by atoms with Gasteiger partial charge in [0.2, 0.25) is 0 Å². The smallest absolute Gasteiger partial charge is 0.151 e. The van der Waals surface area contributed by atoms with Crippen LogP contribution in [0.25, 0.3) is 0 Å². The molecule has 3 N–H and O–H groups in total. The second-order valence-electron chi connectivity index (χ2n) is 4.55. The summed E-state index contributed by atoms with van der Waals surface area (Å²) in [6, 6.07) is -0.234. The van der Waals surface area contributed by atoms with E-state index in [0.29, 0.717) is 0 Å². The van der Waals surface area contributed by atoms with Crippen LogP contribution in [0, 0.1) is 5.41 Å². The molecular weight excluding hydrogens is 188 g/mol. The highest BCUT2D eigenvalue weighted by atomic mass is 32.2. The molecule has 4 nitrogen and oxygen atoms in total. The fourth-order valence-electron chi connectivity index (χ4n) is 1.34. The van der Waals surface area contributed by atoms with Crippen LogP contribution >= 0.6 is 0 Å². The number of hydrazine groups is 1. The molecule has 0 radical (unpaired) electrons. The van der Waals surface area contributed by atoms with Crippen molar-refractivity contribution in [2.45, 2.75) is 39.0 Å². The highest BCUT2D eigenvalue weighted by Crippen LogP contribution is 2.24. The summed E-state index contributed by atoms with van der Waals surface area (Å²) in [5.41, 5.74) is 2.40. The molecule has 0 rings (SSSR count). The summed E-state index contributed by atoms with van der Waals surface area (Å²) in [4.78, 5) is 0. The lowest BCUT2D eigenvalue weighted by Gasteiger charge is -2.33. The molecule has 5 heteroatoms. The van der Waals surface area contributed by atoms with Crippen LogP contribution < -0.4 is 11.3 Å². The maximum atomic E-state index is 11.3. The second kappa shape index (κ2) is 3.94. The molecule has 0 saturated carbocycles. The molecule has 0 aliphatic rings. The monoisotopic (exact) mass is 208 g/mol. The van der Waals surface area contributed by atoms with E-state index in [1.165, 1.54) is 6.26 Å². The first kappa shape index (κ1) is 12.9. The van der Waals surface area contributed by atoms with Crippen molar-refractivity contribution in [2.75, 3.05) is 6.26 Å². The normalized spacial score (nSPS) is 18.3. The molecule has 0 heterocycles. The van der Waals surface area contributed by atoms with Crippen molar-refractivity contribution >= 4 is 9.84 Å². The second-order valence-corrected chi connectivity index (χ2v) is 6.95. The van der Waals surface area contributed by atoms with Crippen molar-refractivity contribution in [1.82, 2.24) is 5.43 Å². The van der Waals surface area contributed by atoms with E-state index in [9.17, 15) is 8.42 Å². The molecule has 0 aromatic rings. The van der Waals surface area contributed by atoms with Gasteiger partial charge in [-0.25, -0.2) is 8.42 Å². The van der Waals surface area contributed by atoms with E-state index in [-0.39, 0.29) is 11.5 Å². The first-order chi connectivity index (χ1) is 5.60. The molecule has 0 bridgehead atoms. The van der Waals surface area contributed by atoms with E-state index in [0.717, 1.165) is 0 Å². The fraction of sp³-hybridized carbons (Fsp3) is 1.00. The lowest BCUT2D eigenvalue weighted by atomic mass is 9.85. The quantitative estimate of drug-likeness (QED) is 0.517. The Morgan fingerprint density at radius 3 is 1.77 bits per heavy atom. The van der Waals surface area contributed by atoms with Crippen molar-refractivity contribution in [3.05, 3.63) is 0 Å². The van der Waals surface area contributed by atoms with Gasteiger partial charge in [-0.1, -0.05) is 20.8 Å². The Labute approximate surface area is 80.8 Å². The first-order valence-corrected chi connectivity index (χ1v) is 6.21. The molecule has 2 unspecified atom stereocenters. The average Bonchev–Trinajstić information content (AvgIpc) is 1.83. The Hall–Kier alpha value is -0.130. The molecule has 0 fully saturated rings. The van der Waals surface area contributed by atoms with Gasteiger partial charge in [-0.15, -0.1) is 0 Å². The minimum Gasteiger partial charge on any atom is -0.271 e. The van der Waals surface area contributed by atoms with Crippen LogP contribution in [0.15, 0.2) is 0 Å². The van der Waals surface area contributed by atoms with Gasteiger partial charge in [0.25, 0.3) is 0 Å². The average molecular weight is 208 g/mol. The summed E-state index contributed by atoms with van der Waals surface area (Å²) in [5, 5.41) is -0.475. The van der Waals surface area contributed by atoms with Crippen LogP contribution in [0.5, 0.6) is 0 Å². The van der Waals surface area contributed by atoms with E-state index >= 15 is 0 Å². The molecule has 0 saturated heterocycles. The van der Waals surface area contributed by atoms with Gasteiger partial charge >= 0.3 is 0 Å². The largest absolute Gasteiger partial charge is 0.271 e. The fourth-order valence-corrected chi connectivity index (χ4v) is 2.32. The molecule has 80 valence electrons. The minimum absolute atomic E-state index is 0.169. The highest BCUT2D eigenvalue weighted by molar-refractivity contribution is 7.91. The third kappa shape index (κ3) is 3.62. The van der Waals surface area contributed by atoms with Crippen LogP contribution in [0.1, 0.15) is 27.7 Å². The van der Waals surface area contributed by atoms with E-state index in [4.69, 9.17) is 5.84 Å². The van der Waals surface area contributed by atoms with Gasteiger partial charge in [0, 0.05) is 12.3 Å². The Balaban J connectivity index is 4.82. The van der Waals surface area contributed by atoms with Crippen LogP contribution in [-0.4, -0.2) is 26.0 Å². The number of hydrogen-bond acceptors (Lipinski definition) is 4. The van der Waals surface area contributed by atoms with E-state index in [1.54, 1.807) is 6.92 Å². The van der Waals surface area contributed by atoms with Crippen molar-refractivity contribution in [3.63, 3.8) is 0 Å². The van der Waals surface area contributed by atoms with E-state index < -0.39 is 15.1 Å².